The summed E-state index contributed by atoms with van der Waals surface area (Å²) in [5, 5.41) is 16.1. The van der Waals surface area contributed by atoms with Crippen molar-refractivity contribution in [2.24, 2.45) is 23.2 Å². The van der Waals surface area contributed by atoms with Gasteiger partial charge in [-0.2, -0.15) is 5.10 Å². The summed E-state index contributed by atoms with van der Waals surface area (Å²) in [7, 11) is 0. The second kappa shape index (κ2) is 5.11. The molecule has 2 N–H and O–H groups in total. The van der Waals surface area contributed by atoms with Crippen LogP contribution < -0.4 is 10.9 Å². The minimum Gasteiger partial charge on any atom is -0.480 e. The Balaban J connectivity index is 1.71. The van der Waals surface area contributed by atoms with E-state index in [0.29, 0.717) is 23.1 Å². The van der Waals surface area contributed by atoms with Crippen molar-refractivity contribution in [1.82, 2.24) is 9.78 Å². The molecule has 1 aromatic heterocycles. The summed E-state index contributed by atoms with van der Waals surface area (Å²) in [5.41, 5.74) is 0.727. The average molecular weight is 305 g/mol. The van der Waals surface area contributed by atoms with Crippen LogP contribution in [0.4, 0.5) is 5.69 Å². The molecule has 3 saturated carbocycles. The van der Waals surface area contributed by atoms with Crippen LogP contribution in [0, 0.1) is 23.2 Å². The lowest BCUT2D eigenvalue weighted by atomic mass is 9.45. The summed E-state index contributed by atoms with van der Waals surface area (Å²) < 4.78 is 0.957. The largest absolute Gasteiger partial charge is 0.480 e. The maximum Gasteiger partial charge on any atom is 0.325 e. The predicted octanol–water partition coefficient (Wildman–Crippen LogP) is 1.81. The van der Waals surface area contributed by atoms with Crippen LogP contribution in [-0.4, -0.2) is 26.9 Å². The van der Waals surface area contributed by atoms with E-state index in [9.17, 15) is 9.59 Å². The van der Waals surface area contributed by atoms with E-state index in [1.165, 1.54) is 12.5 Å². The summed E-state index contributed by atoms with van der Waals surface area (Å²) in [5.74, 6) is 0.954. The van der Waals surface area contributed by atoms with Crippen LogP contribution in [0.1, 0.15) is 33.6 Å². The van der Waals surface area contributed by atoms with E-state index in [1.807, 2.05) is 0 Å². The highest BCUT2D eigenvalue weighted by atomic mass is 16.4. The fraction of sp³-hybridized carbons (Fsp3) is 0.688. The first kappa shape index (κ1) is 15.1. The molecule has 0 unspecified atom stereocenters. The molecular formula is C16H23N3O3. The first-order valence-electron chi connectivity index (χ1n) is 7.84. The number of aromatic nitrogens is 2. The van der Waals surface area contributed by atoms with Crippen molar-refractivity contribution >= 4 is 11.7 Å². The topological polar surface area (TPSA) is 84.2 Å². The van der Waals surface area contributed by atoms with E-state index in [0.717, 1.165) is 22.9 Å². The Morgan fingerprint density at radius 2 is 2.23 bits per heavy atom. The number of rotatable bonds is 4. The minimum atomic E-state index is -1.07. The van der Waals surface area contributed by atoms with Gasteiger partial charge in [0.1, 0.15) is 6.54 Å². The Kier molecular flexibility index (Phi) is 3.50. The molecule has 22 heavy (non-hydrogen) atoms. The molecular weight excluding hydrogens is 282 g/mol. The minimum absolute atomic E-state index is 0.355. The molecule has 2 bridgehead atoms. The van der Waals surface area contributed by atoms with Gasteiger partial charge >= 0.3 is 5.97 Å². The van der Waals surface area contributed by atoms with Crippen molar-refractivity contribution in [3.8, 4) is 0 Å². The Bertz CT molecular complexity index is 652. The smallest absolute Gasteiger partial charge is 0.325 e. The molecule has 0 aromatic carbocycles. The van der Waals surface area contributed by atoms with Crippen LogP contribution in [0.2, 0.25) is 0 Å². The second-order valence-corrected chi connectivity index (χ2v) is 7.34. The molecule has 1 heterocycles. The lowest BCUT2D eigenvalue weighted by Gasteiger charge is -2.62. The quantitative estimate of drug-likeness (QED) is 0.886. The van der Waals surface area contributed by atoms with Gasteiger partial charge in [-0.1, -0.05) is 20.8 Å². The van der Waals surface area contributed by atoms with Gasteiger partial charge in [0, 0.05) is 12.1 Å². The zero-order valence-electron chi connectivity index (χ0n) is 13.2. The zero-order valence-corrected chi connectivity index (χ0v) is 13.2. The third kappa shape index (κ3) is 2.40. The Hall–Kier alpha value is -1.85. The van der Waals surface area contributed by atoms with Gasteiger partial charge in [0.15, 0.2) is 0 Å². The van der Waals surface area contributed by atoms with Crippen molar-refractivity contribution in [3.05, 3.63) is 22.6 Å². The van der Waals surface area contributed by atoms with Crippen molar-refractivity contribution in [3.63, 3.8) is 0 Å². The summed E-state index contributed by atoms with van der Waals surface area (Å²) in [6.45, 7) is 6.58. The van der Waals surface area contributed by atoms with E-state index in [1.54, 1.807) is 6.20 Å². The van der Waals surface area contributed by atoms with E-state index < -0.39 is 12.5 Å². The van der Waals surface area contributed by atoms with Crippen LogP contribution in [0.15, 0.2) is 17.1 Å². The first-order chi connectivity index (χ1) is 10.3. The standard InChI is InChI=1S/C16H23N3O3/c1-9-12-4-10(16(12,2)3)5-13(9)18-11-6-14(20)19(17-7-11)8-15(21)22/h6-7,9-10,12-13,18H,4-5,8H2,1-3H3,(H,21,22)/t9-,10+,12-,13-/m1/s1. The maximum absolute atomic E-state index is 11.9. The number of nitrogens with one attached hydrogen (secondary N) is 1. The van der Waals surface area contributed by atoms with E-state index in [2.05, 4.69) is 31.2 Å². The normalized spacial score (nSPS) is 32.1. The maximum atomic E-state index is 11.9. The molecule has 4 atom stereocenters. The SMILES string of the molecule is C[C@@H]1[C@H]2C[C@@H](C[C@H]1Nc1cnn(CC(=O)O)c(=O)c1)C2(C)C. The molecule has 0 saturated heterocycles. The molecule has 0 amide bonds. The van der Waals surface area contributed by atoms with Gasteiger partial charge in [0.25, 0.3) is 5.56 Å². The fourth-order valence-electron chi connectivity index (χ4n) is 4.31. The second-order valence-electron chi connectivity index (χ2n) is 7.34. The number of fused-ring (bicyclic) bond motifs is 2. The average Bonchev–Trinajstić information content (AvgIpc) is 2.43. The van der Waals surface area contributed by atoms with E-state index >= 15 is 0 Å². The monoisotopic (exact) mass is 305 g/mol. The molecule has 3 aliphatic carbocycles. The van der Waals surface area contributed by atoms with Gasteiger partial charge in [-0.3, -0.25) is 9.59 Å². The molecule has 3 aliphatic rings. The number of carbonyl (C=O) groups is 1. The molecule has 120 valence electrons. The lowest BCUT2D eigenvalue weighted by Crippen LogP contribution is -2.58. The van der Waals surface area contributed by atoms with E-state index in [-0.39, 0.29) is 5.56 Å². The van der Waals surface area contributed by atoms with Gasteiger partial charge in [-0.05, 0) is 36.0 Å². The van der Waals surface area contributed by atoms with Gasteiger partial charge < -0.3 is 10.4 Å². The lowest BCUT2D eigenvalue weighted by molar-refractivity contribution is -0.138. The Morgan fingerprint density at radius 1 is 1.50 bits per heavy atom. The number of anilines is 1. The summed E-state index contributed by atoms with van der Waals surface area (Å²) in [4.78, 5) is 22.5. The number of aliphatic carboxylic acids is 1. The molecule has 6 nitrogen and oxygen atoms in total. The third-order valence-corrected chi connectivity index (χ3v) is 5.86. The zero-order chi connectivity index (χ0) is 16.1. The highest BCUT2D eigenvalue weighted by Gasteiger charge is 2.56. The summed E-state index contributed by atoms with van der Waals surface area (Å²) in [6.07, 6.45) is 3.97. The highest BCUT2D eigenvalue weighted by molar-refractivity contribution is 5.66. The van der Waals surface area contributed by atoms with Crippen molar-refractivity contribution in [2.45, 2.75) is 46.2 Å². The van der Waals surface area contributed by atoms with Gasteiger partial charge in [-0.25, -0.2) is 4.68 Å². The number of carboxylic acids is 1. The number of hydrogen-bond donors (Lipinski definition) is 2. The highest BCUT2D eigenvalue weighted by Crippen LogP contribution is 2.61. The fourth-order valence-corrected chi connectivity index (χ4v) is 4.31. The number of hydrogen-bond acceptors (Lipinski definition) is 4. The molecule has 0 spiro atoms. The molecule has 4 rings (SSSR count). The Morgan fingerprint density at radius 3 is 2.77 bits per heavy atom. The molecule has 0 aliphatic heterocycles. The van der Waals surface area contributed by atoms with Crippen molar-refractivity contribution in [1.29, 1.82) is 0 Å². The van der Waals surface area contributed by atoms with Crippen LogP contribution in [0.5, 0.6) is 0 Å². The van der Waals surface area contributed by atoms with Gasteiger partial charge in [-0.15, -0.1) is 0 Å². The molecule has 0 radical (unpaired) electrons. The van der Waals surface area contributed by atoms with Crippen LogP contribution >= 0.6 is 0 Å². The molecule has 6 heteroatoms. The van der Waals surface area contributed by atoms with Crippen LogP contribution in [0.25, 0.3) is 0 Å². The van der Waals surface area contributed by atoms with Crippen LogP contribution in [-0.2, 0) is 11.3 Å². The molecule has 3 fully saturated rings. The van der Waals surface area contributed by atoms with Crippen molar-refractivity contribution in [2.75, 3.05) is 5.32 Å². The van der Waals surface area contributed by atoms with E-state index in [4.69, 9.17) is 5.11 Å². The Labute approximate surface area is 129 Å². The van der Waals surface area contributed by atoms with Crippen molar-refractivity contribution < 1.29 is 9.90 Å². The first-order valence-corrected chi connectivity index (χ1v) is 7.84. The summed E-state index contributed by atoms with van der Waals surface area (Å²) in [6, 6.07) is 1.79. The number of nitrogens with zero attached hydrogens (tertiary/aromatic N) is 2. The van der Waals surface area contributed by atoms with Gasteiger partial charge in [0.2, 0.25) is 0 Å². The molecule has 1 aromatic rings. The van der Waals surface area contributed by atoms with Gasteiger partial charge in [0.05, 0.1) is 11.9 Å². The van der Waals surface area contributed by atoms with Crippen LogP contribution in [0.3, 0.4) is 0 Å². The third-order valence-electron chi connectivity index (χ3n) is 5.86. The predicted molar refractivity (Wildman–Crippen MR) is 82.7 cm³/mol. The number of carboxylic acid groups (broad SMARTS) is 1. The summed E-state index contributed by atoms with van der Waals surface area (Å²) >= 11 is 0.